The lowest BCUT2D eigenvalue weighted by atomic mass is 10.1. The first kappa shape index (κ1) is 23.7. The van der Waals surface area contributed by atoms with Crippen LogP contribution in [0.15, 0.2) is 30.7 Å². The maximum absolute atomic E-state index is 12.5. The van der Waals surface area contributed by atoms with E-state index in [9.17, 15) is 14.4 Å². The van der Waals surface area contributed by atoms with Crippen molar-refractivity contribution < 1.29 is 24.2 Å². The number of nitrogens with two attached hydrogens (primary N) is 1. The van der Waals surface area contributed by atoms with Crippen molar-refractivity contribution in [3.63, 3.8) is 0 Å². The van der Waals surface area contributed by atoms with Crippen LogP contribution < -0.4 is 21.1 Å². The van der Waals surface area contributed by atoms with Crippen LogP contribution in [0.3, 0.4) is 0 Å². The summed E-state index contributed by atoms with van der Waals surface area (Å²) in [6.07, 6.45) is 4.63. The maximum atomic E-state index is 12.5. The first-order valence-corrected chi connectivity index (χ1v) is 10.5. The lowest BCUT2D eigenvalue weighted by Crippen LogP contribution is -2.26. The Balaban J connectivity index is 0.000000454. The van der Waals surface area contributed by atoms with E-state index in [2.05, 4.69) is 39.4 Å². The van der Waals surface area contributed by atoms with Crippen LogP contribution in [0.5, 0.6) is 5.75 Å². The minimum Gasteiger partial charge on any atom is -0.482 e. The minimum absolute atomic E-state index is 0.0265. The number of H-pyrrole nitrogens is 1. The van der Waals surface area contributed by atoms with Crippen LogP contribution in [0.2, 0.25) is 0 Å². The van der Waals surface area contributed by atoms with Gasteiger partial charge in [-0.25, -0.2) is 14.8 Å². The van der Waals surface area contributed by atoms with Gasteiger partial charge < -0.3 is 31.2 Å². The zero-order valence-electron chi connectivity index (χ0n) is 18.3. The predicted molar refractivity (Wildman–Crippen MR) is 121 cm³/mol. The largest absolute Gasteiger partial charge is 0.482 e. The number of rotatable bonds is 6. The van der Waals surface area contributed by atoms with E-state index in [1.165, 1.54) is 6.20 Å². The molecule has 0 saturated carbocycles. The Morgan fingerprint density at radius 1 is 1.27 bits per heavy atom. The molecule has 1 aliphatic rings. The van der Waals surface area contributed by atoms with E-state index in [-0.39, 0.29) is 41.3 Å². The van der Waals surface area contributed by atoms with Gasteiger partial charge in [-0.2, -0.15) is 0 Å². The van der Waals surface area contributed by atoms with Crippen molar-refractivity contribution in [2.24, 2.45) is 5.73 Å². The Morgan fingerprint density at radius 2 is 2.03 bits per heavy atom. The van der Waals surface area contributed by atoms with Crippen molar-refractivity contribution in [1.29, 1.82) is 0 Å². The van der Waals surface area contributed by atoms with Crippen molar-refractivity contribution in [2.45, 2.75) is 39.3 Å². The van der Waals surface area contributed by atoms with Crippen LogP contribution in [0, 0.1) is 0 Å². The molecule has 6 N–H and O–H groups in total. The molecule has 3 aromatic rings. The minimum atomic E-state index is -1.15. The predicted octanol–water partition coefficient (Wildman–Crippen LogP) is 2.05. The van der Waals surface area contributed by atoms with Crippen molar-refractivity contribution in [3.8, 4) is 5.75 Å². The van der Waals surface area contributed by atoms with Crippen LogP contribution >= 0.6 is 0 Å². The summed E-state index contributed by atoms with van der Waals surface area (Å²) in [6.45, 7) is 4.36. The monoisotopic (exact) mass is 454 g/mol. The van der Waals surface area contributed by atoms with Gasteiger partial charge in [0, 0.05) is 18.8 Å². The molecule has 0 spiro atoms. The number of aromatic nitrogens is 3. The second-order valence-electron chi connectivity index (χ2n) is 7.38. The highest BCUT2D eigenvalue weighted by molar-refractivity contribution is 6.08. The molecule has 2 amide bonds. The number of amides is 2. The third-order valence-corrected chi connectivity index (χ3v) is 5.09. The van der Waals surface area contributed by atoms with E-state index in [1.54, 1.807) is 18.2 Å². The molecule has 3 heterocycles. The third kappa shape index (κ3) is 5.63. The van der Waals surface area contributed by atoms with Gasteiger partial charge in [-0.05, 0) is 30.5 Å². The van der Waals surface area contributed by atoms with Crippen LogP contribution in [0.4, 0.5) is 5.69 Å². The molecule has 0 fully saturated rings. The average molecular weight is 454 g/mol. The number of benzene rings is 1. The SMILES string of the molecule is CCC(N)CC.O=C1COc2ccc(CNC(=O)c3ncnc4c(C(=O)O)c[nH]c34)cc2N1. The standard InChI is InChI=1S/C17H13N5O5.C5H13N/c23-12-6-27-11-2-1-8(3-10(11)22-12)4-19-16(24)15-14-13(20-7-21-15)9(5-18-14)17(25)26;1-3-5(6)4-2/h1-3,5,7,18H,4,6H2,(H,19,24)(H,22,23)(H,25,26);5H,3-4,6H2,1-2H3. The van der Waals surface area contributed by atoms with Gasteiger partial charge in [0.2, 0.25) is 0 Å². The number of aromatic carboxylic acids is 1. The van der Waals surface area contributed by atoms with Gasteiger partial charge in [0.1, 0.15) is 23.2 Å². The van der Waals surface area contributed by atoms with E-state index in [4.69, 9.17) is 15.6 Å². The Kier molecular flexibility index (Phi) is 7.57. The molecule has 11 nitrogen and oxygen atoms in total. The van der Waals surface area contributed by atoms with Crippen molar-refractivity contribution >= 4 is 34.5 Å². The van der Waals surface area contributed by atoms with Crippen molar-refractivity contribution in [3.05, 3.63) is 47.5 Å². The molecule has 0 radical (unpaired) electrons. The Hall–Kier alpha value is -3.99. The number of nitrogens with one attached hydrogen (secondary N) is 3. The maximum Gasteiger partial charge on any atom is 0.339 e. The fraction of sp³-hybridized carbons (Fsp3) is 0.318. The smallest absolute Gasteiger partial charge is 0.339 e. The number of carbonyl (C=O) groups is 3. The summed E-state index contributed by atoms with van der Waals surface area (Å²) in [4.78, 5) is 45.7. The first-order chi connectivity index (χ1) is 15.8. The van der Waals surface area contributed by atoms with Crippen molar-refractivity contribution in [1.82, 2.24) is 20.3 Å². The molecule has 0 unspecified atom stereocenters. The summed E-state index contributed by atoms with van der Waals surface area (Å²) in [5, 5.41) is 14.6. The van der Waals surface area contributed by atoms with E-state index >= 15 is 0 Å². The summed E-state index contributed by atoms with van der Waals surface area (Å²) in [5.74, 6) is -1.31. The number of aromatic amines is 1. The first-order valence-electron chi connectivity index (χ1n) is 10.5. The van der Waals surface area contributed by atoms with E-state index < -0.39 is 11.9 Å². The highest BCUT2D eigenvalue weighted by Crippen LogP contribution is 2.28. The van der Waals surface area contributed by atoms with Crippen LogP contribution in [0.25, 0.3) is 11.0 Å². The highest BCUT2D eigenvalue weighted by atomic mass is 16.5. The Morgan fingerprint density at radius 3 is 2.70 bits per heavy atom. The summed E-state index contributed by atoms with van der Waals surface area (Å²) >= 11 is 0. The van der Waals surface area contributed by atoms with Gasteiger partial charge in [-0.1, -0.05) is 19.9 Å². The van der Waals surface area contributed by atoms with E-state index in [1.807, 2.05) is 0 Å². The topological polar surface area (TPSA) is 172 Å². The molecule has 0 aliphatic carbocycles. The number of carboxylic acid groups (broad SMARTS) is 1. The number of carboxylic acids is 1. The zero-order chi connectivity index (χ0) is 24.0. The number of carbonyl (C=O) groups excluding carboxylic acids is 2. The number of fused-ring (bicyclic) bond motifs is 2. The third-order valence-electron chi connectivity index (χ3n) is 5.09. The average Bonchev–Trinajstić information content (AvgIpc) is 3.26. The van der Waals surface area contributed by atoms with Crippen LogP contribution in [0.1, 0.15) is 53.1 Å². The van der Waals surface area contributed by atoms with Gasteiger partial charge in [-0.15, -0.1) is 0 Å². The zero-order valence-corrected chi connectivity index (χ0v) is 18.3. The summed E-state index contributed by atoms with van der Waals surface area (Å²) < 4.78 is 5.29. The fourth-order valence-corrected chi connectivity index (χ4v) is 3.07. The van der Waals surface area contributed by atoms with Crippen molar-refractivity contribution in [2.75, 3.05) is 11.9 Å². The second kappa shape index (κ2) is 10.6. The van der Waals surface area contributed by atoms with Gasteiger partial charge in [0.25, 0.3) is 11.8 Å². The number of hydrogen-bond acceptors (Lipinski definition) is 7. The molecular weight excluding hydrogens is 428 g/mol. The number of nitrogens with zero attached hydrogens (tertiary/aromatic N) is 2. The van der Waals surface area contributed by atoms with Crippen LogP contribution in [-0.4, -0.2) is 50.5 Å². The number of ether oxygens (including phenoxy) is 1. The van der Waals surface area contributed by atoms with Gasteiger partial charge in [-0.3, -0.25) is 9.59 Å². The van der Waals surface area contributed by atoms with Gasteiger partial charge >= 0.3 is 5.97 Å². The fourth-order valence-electron chi connectivity index (χ4n) is 3.07. The molecule has 1 aliphatic heterocycles. The second-order valence-corrected chi connectivity index (χ2v) is 7.38. The molecule has 174 valence electrons. The molecule has 0 atom stereocenters. The quantitative estimate of drug-likeness (QED) is 0.376. The van der Waals surface area contributed by atoms with Crippen LogP contribution in [-0.2, 0) is 11.3 Å². The number of anilines is 1. The number of hydrogen-bond donors (Lipinski definition) is 5. The lowest BCUT2D eigenvalue weighted by molar-refractivity contribution is -0.118. The highest BCUT2D eigenvalue weighted by Gasteiger charge is 2.20. The molecule has 33 heavy (non-hydrogen) atoms. The molecule has 4 rings (SSSR count). The Bertz CT molecular complexity index is 1170. The molecule has 0 saturated heterocycles. The lowest BCUT2D eigenvalue weighted by Gasteiger charge is -2.18. The van der Waals surface area contributed by atoms with Gasteiger partial charge in [0.05, 0.1) is 11.2 Å². The summed E-state index contributed by atoms with van der Waals surface area (Å²) in [7, 11) is 0. The molecule has 11 heteroatoms. The molecule has 0 bridgehead atoms. The molecule has 2 aromatic heterocycles. The summed E-state index contributed by atoms with van der Waals surface area (Å²) in [5.41, 5.74) is 7.18. The Labute approximate surface area is 189 Å². The van der Waals surface area contributed by atoms with E-state index in [0.717, 1.165) is 24.7 Å². The summed E-state index contributed by atoms with van der Waals surface area (Å²) in [6, 6.07) is 5.62. The molecular formula is C22H26N6O5. The normalized spacial score (nSPS) is 12.3. The molecule has 1 aromatic carbocycles. The van der Waals surface area contributed by atoms with E-state index in [0.29, 0.717) is 17.5 Å². The van der Waals surface area contributed by atoms with Gasteiger partial charge in [0.15, 0.2) is 12.3 Å².